The summed E-state index contributed by atoms with van der Waals surface area (Å²) in [7, 11) is 0. The Morgan fingerprint density at radius 3 is 2.22 bits per heavy atom. The van der Waals surface area contributed by atoms with Gasteiger partial charge in [-0.05, 0) is 31.5 Å². The maximum absolute atomic E-state index is 12.7. The first-order valence-electron chi connectivity index (χ1n) is 8.70. The summed E-state index contributed by atoms with van der Waals surface area (Å²) in [6.07, 6.45) is -3.17. The van der Waals surface area contributed by atoms with Gasteiger partial charge in [0.1, 0.15) is 17.8 Å². The van der Waals surface area contributed by atoms with Gasteiger partial charge >= 0.3 is 5.97 Å². The molecule has 5 nitrogen and oxygen atoms in total. The van der Waals surface area contributed by atoms with Gasteiger partial charge in [0.25, 0.3) is 0 Å². The average Bonchev–Trinajstić information content (AvgIpc) is 3.01. The molecule has 0 amide bonds. The van der Waals surface area contributed by atoms with Crippen LogP contribution in [0.4, 0.5) is 0 Å². The van der Waals surface area contributed by atoms with Crippen LogP contribution < -0.4 is 0 Å². The minimum absolute atomic E-state index is 0.177. The smallest absolute Gasteiger partial charge is 0.338 e. The summed E-state index contributed by atoms with van der Waals surface area (Å²) >= 11 is 6.02. The molecule has 0 saturated carbocycles. The second-order valence-corrected chi connectivity index (χ2v) is 7.21. The summed E-state index contributed by atoms with van der Waals surface area (Å²) in [6.45, 7) is 3.83. The van der Waals surface area contributed by atoms with Crippen LogP contribution in [0.1, 0.15) is 39.6 Å². The second-order valence-electron chi connectivity index (χ2n) is 6.73. The van der Waals surface area contributed by atoms with Crippen LogP contribution in [0.25, 0.3) is 0 Å². The lowest BCUT2D eigenvalue weighted by Crippen LogP contribution is -2.37. The van der Waals surface area contributed by atoms with E-state index in [1.165, 1.54) is 0 Å². The first-order valence-corrected chi connectivity index (χ1v) is 9.14. The van der Waals surface area contributed by atoms with Crippen molar-refractivity contribution in [2.45, 2.75) is 44.1 Å². The third-order valence-corrected chi connectivity index (χ3v) is 4.82. The number of rotatable bonds is 5. The molecule has 4 atom stereocenters. The molecule has 3 rings (SSSR count). The number of alkyl halides is 1. The van der Waals surface area contributed by atoms with Crippen LogP contribution in [0.15, 0.2) is 48.5 Å². The maximum atomic E-state index is 12.7. The Kier molecular flexibility index (Phi) is 5.95. The second kappa shape index (κ2) is 8.21. The number of aliphatic hydroxyl groups excluding tert-OH is 1. The third kappa shape index (κ3) is 4.56. The van der Waals surface area contributed by atoms with Crippen LogP contribution in [0, 0.1) is 13.8 Å². The average molecular weight is 389 g/mol. The van der Waals surface area contributed by atoms with Crippen molar-refractivity contribution in [2.24, 2.45) is 0 Å². The number of hydrogen-bond acceptors (Lipinski definition) is 5. The van der Waals surface area contributed by atoms with Crippen molar-refractivity contribution in [3.8, 4) is 0 Å². The Labute approximate surface area is 162 Å². The molecular formula is C21H21ClO5. The zero-order valence-electron chi connectivity index (χ0n) is 15.1. The van der Waals surface area contributed by atoms with Crippen molar-refractivity contribution in [1.82, 2.24) is 0 Å². The molecule has 0 aliphatic carbocycles. The molecule has 6 heteroatoms. The number of halogens is 1. The number of Topliss-reactive ketones (excluding diaryl/α,β-unsaturated/α-hetero) is 1. The van der Waals surface area contributed by atoms with Crippen molar-refractivity contribution in [2.75, 3.05) is 0 Å². The first-order chi connectivity index (χ1) is 12.8. The monoisotopic (exact) mass is 388 g/mol. The zero-order chi connectivity index (χ0) is 19.6. The highest BCUT2D eigenvalue weighted by atomic mass is 35.5. The molecule has 0 radical (unpaired) electrons. The van der Waals surface area contributed by atoms with Gasteiger partial charge in [-0.1, -0.05) is 59.1 Å². The van der Waals surface area contributed by atoms with Gasteiger partial charge in [0.15, 0.2) is 11.9 Å². The SMILES string of the molecule is Cc1ccc(C(=O)O[C@H]2C[C@@H](Cl)O[C@@H]2C(=O)C(O)c2ccc(C)cc2)cc1. The predicted octanol–water partition coefficient (Wildman–Crippen LogP) is 3.49. The van der Waals surface area contributed by atoms with Gasteiger partial charge in [-0.25, -0.2) is 4.79 Å². The van der Waals surface area contributed by atoms with E-state index < -0.39 is 35.6 Å². The van der Waals surface area contributed by atoms with Crippen LogP contribution in [-0.4, -0.2) is 34.6 Å². The molecule has 1 fully saturated rings. The van der Waals surface area contributed by atoms with Crippen molar-refractivity contribution in [1.29, 1.82) is 0 Å². The minimum atomic E-state index is -1.38. The van der Waals surface area contributed by atoms with E-state index >= 15 is 0 Å². The zero-order valence-corrected chi connectivity index (χ0v) is 15.8. The first kappa shape index (κ1) is 19.5. The fourth-order valence-electron chi connectivity index (χ4n) is 2.93. The molecule has 1 aliphatic rings. The molecule has 0 spiro atoms. The fraction of sp³-hybridized carbons (Fsp3) is 0.333. The van der Waals surface area contributed by atoms with Gasteiger partial charge in [-0.15, -0.1) is 0 Å². The lowest BCUT2D eigenvalue weighted by molar-refractivity contribution is -0.141. The van der Waals surface area contributed by atoms with Crippen molar-refractivity contribution in [3.05, 3.63) is 70.8 Å². The maximum Gasteiger partial charge on any atom is 0.338 e. The molecule has 0 bridgehead atoms. The number of benzene rings is 2. The van der Waals surface area contributed by atoms with Crippen molar-refractivity contribution < 1.29 is 24.2 Å². The van der Waals surface area contributed by atoms with E-state index in [9.17, 15) is 14.7 Å². The summed E-state index contributed by atoms with van der Waals surface area (Å²) in [4.78, 5) is 25.1. The number of carbonyl (C=O) groups excluding carboxylic acids is 2. The molecule has 1 saturated heterocycles. The molecule has 0 aromatic heterocycles. The van der Waals surface area contributed by atoms with Gasteiger partial charge in [-0.2, -0.15) is 0 Å². The number of ketones is 1. The predicted molar refractivity (Wildman–Crippen MR) is 101 cm³/mol. The van der Waals surface area contributed by atoms with E-state index in [2.05, 4.69) is 0 Å². The quantitative estimate of drug-likeness (QED) is 0.627. The fourth-order valence-corrected chi connectivity index (χ4v) is 3.22. The van der Waals surface area contributed by atoms with Crippen LogP contribution in [-0.2, 0) is 14.3 Å². The Bertz CT molecular complexity index is 815. The van der Waals surface area contributed by atoms with Crippen LogP contribution in [0.3, 0.4) is 0 Å². The number of esters is 1. The van der Waals surface area contributed by atoms with Crippen molar-refractivity contribution in [3.63, 3.8) is 0 Å². The lowest BCUT2D eigenvalue weighted by atomic mass is 9.98. The van der Waals surface area contributed by atoms with Crippen molar-refractivity contribution >= 4 is 23.4 Å². The summed E-state index contributed by atoms with van der Waals surface area (Å²) in [5.41, 5.74) is 2.10. The normalized spacial score (nSPS) is 23.0. The highest BCUT2D eigenvalue weighted by Crippen LogP contribution is 2.30. The summed E-state index contributed by atoms with van der Waals surface area (Å²) in [5.74, 6) is -1.14. The van der Waals surface area contributed by atoms with Gasteiger partial charge < -0.3 is 14.6 Å². The molecular weight excluding hydrogens is 368 g/mol. The summed E-state index contributed by atoms with van der Waals surface area (Å²) < 4.78 is 10.9. The van der Waals surface area contributed by atoms with E-state index in [4.69, 9.17) is 21.1 Å². The number of hydrogen-bond donors (Lipinski definition) is 1. The Morgan fingerprint density at radius 1 is 1.07 bits per heavy atom. The van der Waals surface area contributed by atoms with E-state index in [-0.39, 0.29) is 6.42 Å². The standard InChI is InChI=1S/C21H21ClO5/c1-12-3-7-14(8-4-12)18(23)19(24)20-16(11-17(22)27-20)26-21(25)15-9-5-13(2)6-10-15/h3-10,16-18,20,23H,11H2,1-2H3/t16-,17-,18?,20-/m0/s1. The topological polar surface area (TPSA) is 72.8 Å². The number of aryl methyl sites for hydroxylation is 2. The van der Waals surface area contributed by atoms with Crippen LogP contribution in [0.5, 0.6) is 0 Å². The molecule has 1 unspecified atom stereocenters. The van der Waals surface area contributed by atoms with Crippen LogP contribution >= 0.6 is 11.6 Å². The van der Waals surface area contributed by atoms with Gasteiger partial charge in [-0.3, -0.25) is 4.79 Å². The Hall–Kier alpha value is -2.21. The highest BCUT2D eigenvalue weighted by molar-refractivity contribution is 6.20. The number of carbonyl (C=O) groups is 2. The lowest BCUT2D eigenvalue weighted by Gasteiger charge is -2.20. The van der Waals surface area contributed by atoms with E-state index in [0.29, 0.717) is 11.1 Å². The third-order valence-electron chi connectivity index (χ3n) is 4.54. The molecule has 2 aromatic rings. The number of aliphatic hydroxyl groups is 1. The Balaban J connectivity index is 1.73. The molecule has 1 aliphatic heterocycles. The summed E-state index contributed by atoms with van der Waals surface area (Å²) in [6, 6.07) is 13.9. The molecule has 2 aromatic carbocycles. The van der Waals surface area contributed by atoms with Gasteiger partial charge in [0.2, 0.25) is 0 Å². The summed E-state index contributed by atoms with van der Waals surface area (Å²) in [5, 5.41) is 10.4. The highest BCUT2D eigenvalue weighted by Gasteiger charge is 2.44. The largest absolute Gasteiger partial charge is 0.455 e. The minimum Gasteiger partial charge on any atom is -0.455 e. The van der Waals surface area contributed by atoms with E-state index in [0.717, 1.165) is 11.1 Å². The molecule has 142 valence electrons. The number of ether oxygens (including phenoxy) is 2. The van der Waals surface area contributed by atoms with E-state index in [1.54, 1.807) is 48.5 Å². The van der Waals surface area contributed by atoms with Crippen LogP contribution in [0.2, 0.25) is 0 Å². The van der Waals surface area contributed by atoms with Gasteiger partial charge in [0.05, 0.1) is 5.56 Å². The van der Waals surface area contributed by atoms with Gasteiger partial charge in [0, 0.05) is 6.42 Å². The molecule has 1 N–H and O–H groups in total. The Morgan fingerprint density at radius 2 is 1.63 bits per heavy atom. The molecule has 1 heterocycles. The molecule has 27 heavy (non-hydrogen) atoms. The van der Waals surface area contributed by atoms with E-state index in [1.807, 2.05) is 13.8 Å².